The molecule has 1 saturated heterocycles. The predicted molar refractivity (Wildman–Crippen MR) is 90.0 cm³/mol. The minimum absolute atomic E-state index is 0.00410. The molecule has 0 aromatic carbocycles. The maximum absolute atomic E-state index is 12.6. The maximum Gasteiger partial charge on any atom is 0.255 e. The molecule has 0 radical (unpaired) electrons. The van der Waals surface area contributed by atoms with Crippen molar-refractivity contribution in [2.45, 2.75) is 32.2 Å². The number of pyridine rings is 1. The number of amides is 1. The standard InChI is InChI=1S/C16H20N4O3S/c1-11(2)15-13(9-18-20(15)14-5-3-4-7-17-14)16(21)19-12-6-8-24(22,23)10-12/h3-5,7,9,11-12H,6,8,10H2,1-2H3,(H,19,21). The molecule has 1 aliphatic rings. The topological polar surface area (TPSA) is 94.0 Å². The molecule has 2 aromatic rings. The highest BCUT2D eigenvalue weighted by Crippen LogP contribution is 2.23. The SMILES string of the molecule is CC(C)c1c(C(=O)NC2CCS(=O)(=O)C2)cnn1-c1ccccn1. The third-order valence-electron chi connectivity index (χ3n) is 4.03. The van der Waals surface area contributed by atoms with Crippen molar-refractivity contribution in [2.75, 3.05) is 11.5 Å². The summed E-state index contributed by atoms with van der Waals surface area (Å²) in [6, 6.07) is 5.16. The quantitative estimate of drug-likeness (QED) is 0.899. The van der Waals surface area contributed by atoms with Crippen LogP contribution < -0.4 is 5.32 Å². The Morgan fingerprint density at radius 1 is 1.38 bits per heavy atom. The van der Waals surface area contributed by atoms with Gasteiger partial charge in [0.05, 0.1) is 29.0 Å². The maximum atomic E-state index is 12.6. The Balaban J connectivity index is 1.88. The van der Waals surface area contributed by atoms with Crippen LogP contribution >= 0.6 is 0 Å². The van der Waals surface area contributed by atoms with Crippen LogP contribution in [0.4, 0.5) is 0 Å². The zero-order chi connectivity index (χ0) is 17.3. The number of hydrogen-bond donors (Lipinski definition) is 1. The van der Waals surface area contributed by atoms with Crippen molar-refractivity contribution in [3.63, 3.8) is 0 Å². The van der Waals surface area contributed by atoms with Crippen LogP contribution in [0, 0.1) is 0 Å². The highest BCUT2D eigenvalue weighted by Gasteiger charge is 2.30. The van der Waals surface area contributed by atoms with Gasteiger partial charge in [-0.2, -0.15) is 5.10 Å². The van der Waals surface area contributed by atoms with Crippen LogP contribution in [0.3, 0.4) is 0 Å². The van der Waals surface area contributed by atoms with E-state index in [1.165, 1.54) is 6.20 Å². The van der Waals surface area contributed by atoms with Crippen LogP contribution in [0.25, 0.3) is 5.82 Å². The predicted octanol–water partition coefficient (Wildman–Crippen LogP) is 1.31. The number of sulfone groups is 1. The molecule has 0 aliphatic carbocycles. The molecular formula is C16H20N4O3S. The zero-order valence-electron chi connectivity index (χ0n) is 13.6. The van der Waals surface area contributed by atoms with E-state index in [4.69, 9.17) is 0 Å². The van der Waals surface area contributed by atoms with Crippen molar-refractivity contribution in [1.82, 2.24) is 20.1 Å². The van der Waals surface area contributed by atoms with Gasteiger partial charge < -0.3 is 5.32 Å². The molecule has 2 aromatic heterocycles. The molecule has 1 atom stereocenters. The second kappa shape index (κ2) is 6.35. The lowest BCUT2D eigenvalue weighted by molar-refractivity contribution is 0.0939. The molecule has 1 aliphatic heterocycles. The first kappa shape index (κ1) is 16.6. The summed E-state index contributed by atoms with van der Waals surface area (Å²) in [5, 5.41) is 7.13. The first-order valence-corrected chi connectivity index (χ1v) is 9.70. The Hall–Kier alpha value is -2.22. The summed E-state index contributed by atoms with van der Waals surface area (Å²) < 4.78 is 24.8. The fraction of sp³-hybridized carbons (Fsp3) is 0.438. The number of rotatable bonds is 4. The van der Waals surface area contributed by atoms with E-state index in [1.807, 2.05) is 32.0 Å². The van der Waals surface area contributed by atoms with Gasteiger partial charge in [0.2, 0.25) is 0 Å². The lowest BCUT2D eigenvalue weighted by Crippen LogP contribution is -2.36. The van der Waals surface area contributed by atoms with Gasteiger partial charge in [0.1, 0.15) is 0 Å². The smallest absolute Gasteiger partial charge is 0.255 e. The lowest BCUT2D eigenvalue weighted by Gasteiger charge is -2.14. The van der Waals surface area contributed by atoms with E-state index in [0.717, 1.165) is 5.69 Å². The third-order valence-corrected chi connectivity index (χ3v) is 5.80. The minimum Gasteiger partial charge on any atom is -0.348 e. The normalized spacial score (nSPS) is 19.5. The van der Waals surface area contributed by atoms with Crippen molar-refractivity contribution in [3.05, 3.63) is 41.9 Å². The van der Waals surface area contributed by atoms with E-state index in [9.17, 15) is 13.2 Å². The summed E-state index contributed by atoms with van der Waals surface area (Å²) in [6.07, 6.45) is 3.65. The summed E-state index contributed by atoms with van der Waals surface area (Å²) in [5.74, 6) is 0.543. The van der Waals surface area contributed by atoms with Crippen molar-refractivity contribution in [2.24, 2.45) is 0 Å². The summed E-state index contributed by atoms with van der Waals surface area (Å²) in [4.78, 5) is 16.9. The van der Waals surface area contributed by atoms with Gasteiger partial charge >= 0.3 is 0 Å². The molecular weight excluding hydrogens is 328 g/mol. The van der Waals surface area contributed by atoms with E-state index in [0.29, 0.717) is 17.8 Å². The number of carbonyl (C=O) groups excluding carboxylic acids is 1. The second-order valence-corrected chi connectivity index (χ2v) is 8.50. The average Bonchev–Trinajstić information content (AvgIpc) is 3.11. The molecule has 8 heteroatoms. The molecule has 1 N–H and O–H groups in total. The lowest BCUT2D eigenvalue weighted by atomic mass is 10.0. The molecule has 7 nitrogen and oxygen atoms in total. The fourth-order valence-electron chi connectivity index (χ4n) is 2.92. The van der Waals surface area contributed by atoms with E-state index in [-0.39, 0.29) is 29.4 Å². The van der Waals surface area contributed by atoms with E-state index in [1.54, 1.807) is 10.9 Å². The molecule has 1 amide bonds. The Morgan fingerprint density at radius 3 is 2.75 bits per heavy atom. The van der Waals surface area contributed by atoms with Crippen LogP contribution in [-0.2, 0) is 9.84 Å². The van der Waals surface area contributed by atoms with Crippen molar-refractivity contribution in [3.8, 4) is 5.82 Å². The molecule has 128 valence electrons. The Morgan fingerprint density at radius 2 is 2.17 bits per heavy atom. The highest BCUT2D eigenvalue weighted by atomic mass is 32.2. The Labute approximate surface area is 141 Å². The summed E-state index contributed by atoms with van der Waals surface area (Å²) in [7, 11) is -3.03. The molecule has 0 saturated carbocycles. The largest absolute Gasteiger partial charge is 0.348 e. The average molecular weight is 348 g/mol. The van der Waals surface area contributed by atoms with Gasteiger partial charge in [0.15, 0.2) is 15.7 Å². The van der Waals surface area contributed by atoms with Gasteiger partial charge in [-0.25, -0.2) is 18.1 Å². The first-order chi connectivity index (χ1) is 11.4. The van der Waals surface area contributed by atoms with Crippen LogP contribution in [0.5, 0.6) is 0 Å². The number of nitrogens with one attached hydrogen (secondary N) is 1. The number of nitrogens with zero attached hydrogens (tertiary/aromatic N) is 3. The van der Waals surface area contributed by atoms with Gasteiger partial charge in [-0.3, -0.25) is 4.79 Å². The van der Waals surface area contributed by atoms with E-state index in [2.05, 4.69) is 15.4 Å². The number of aromatic nitrogens is 3. The van der Waals surface area contributed by atoms with Gasteiger partial charge in [0.25, 0.3) is 5.91 Å². The fourth-order valence-corrected chi connectivity index (χ4v) is 4.60. The van der Waals surface area contributed by atoms with Crippen molar-refractivity contribution in [1.29, 1.82) is 0 Å². The third kappa shape index (κ3) is 3.33. The highest BCUT2D eigenvalue weighted by molar-refractivity contribution is 7.91. The number of carbonyl (C=O) groups is 1. The Kier molecular flexibility index (Phi) is 4.40. The summed E-state index contributed by atoms with van der Waals surface area (Å²) in [6.45, 7) is 3.96. The molecule has 0 spiro atoms. The van der Waals surface area contributed by atoms with Crippen molar-refractivity contribution < 1.29 is 13.2 Å². The summed E-state index contributed by atoms with van der Waals surface area (Å²) >= 11 is 0. The Bertz CT molecular complexity index is 843. The van der Waals surface area contributed by atoms with Gasteiger partial charge in [-0.05, 0) is 24.5 Å². The van der Waals surface area contributed by atoms with Gasteiger partial charge in [-0.1, -0.05) is 19.9 Å². The molecule has 1 unspecified atom stereocenters. The minimum atomic E-state index is -3.03. The zero-order valence-corrected chi connectivity index (χ0v) is 14.5. The molecule has 3 heterocycles. The van der Waals surface area contributed by atoms with E-state index >= 15 is 0 Å². The van der Waals surface area contributed by atoms with Crippen molar-refractivity contribution >= 4 is 15.7 Å². The van der Waals surface area contributed by atoms with Gasteiger partial charge in [-0.15, -0.1) is 0 Å². The molecule has 24 heavy (non-hydrogen) atoms. The van der Waals surface area contributed by atoms with Crippen LogP contribution in [-0.4, -0.2) is 46.6 Å². The molecule has 1 fully saturated rings. The van der Waals surface area contributed by atoms with E-state index < -0.39 is 9.84 Å². The van der Waals surface area contributed by atoms with Crippen LogP contribution in [0.1, 0.15) is 42.2 Å². The monoisotopic (exact) mass is 348 g/mol. The van der Waals surface area contributed by atoms with Crippen LogP contribution in [0.15, 0.2) is 30.6 Å². The van der Waals surface area contributed by atoms with Gasteiger partial charge in [0, 0.05) is 12.2 Å². The second-order valence-electron chi connectivity index (χ2n) is 6.27. The summed E-state index contributed by atoms with van der Waals surface area (Å²) in [5.41, 5.74) is 1.21. The molecule has 0 bridgehead atoms. The molecule has 3 rings (SSSR count). The number of hydrogen-bond acceptors (Lipinski definition) is 5. The van der Waals surface area contributed by atoms with Crippen LogP contribution in [0.2, 0.25) is 0 Å². The first-order valence-electron chi connectivity index (χ1n) is 7.88.